The van der Waals surface area contributed by atoms with Crippen molar-refractivity contribution >= 4 is 21.8 Å². The summed E-state index contributed by atoms with van der Waals surface area (Å²) in [6.07, 6.45) is -0.876. The van der Waals surface area contributed by atoms with Crippen molar-refractivity contribution in [1.29, 1.82) is 21.2 Å². The normalized spacial score (nSPS) is 34.3. The van der Waals surface area contributed by atoms with Gasteiger partial charge < -0.3 is 9.47 Å². The molecule has 4 unspecified atom stereocenters. The van der Waals surface area contributed by atoms with Gasteiger partial charge in [0.2, 0.25) is 17.1 Å². The predicted octanol–water partition coefficient (Wildman–Crippen LogP) is 3.95. The molecule has 2 bridgehead atoms. The minimum atomic E-state index is -2.02. The summed E-state index contributed by atoms with van der Waals surface area (Å²) in [6.45, 7) is 3.43. The van der Waals surface area contributed by atoms with Crippen molar-refractivity contribution in [2.24, 2.45) is 16.7 Å². The second-order valence-corrected chi connectivity index (χ2v) is 7.30. The van der Waals surface area contributed by atoms with Crippen LogP contribution in [0.25, 0.3) is 0 Å². The molecule has 1 aromatic rings. The molecule has 2 aliphatic heterocycles. The Hall–Kier alpha value is -2.47. The number of nitrogens with one attached hydrogen (secondary N) is 1. The van der Waals surface area contributed by atoms with E-state index in [0.717, 1.165) is 0 Å². The first kappa shape index (κ1) is 18.3. The maximum atomic E-state index is 13.7. The number of halogens is 2. The van der Waals surface area contributed by atoms with Crippen LogP contribution >= 0.6 is 15.9 Å². The highest BCUT2D eigenvalue weighted by Gasteiger charge is 2.78. The van der Waals surface area contributed by atoms with Crippen molar-refractivity contribution in [3.05, 3.63) is 34.1 Å². The molecule has 2 fully saturated rings. The summed E-state index contributed by atoms with van der Waals surface area (Å²) >= 11 is 3.09. The summed E-state index contributed by atoms with van der Waals surface area (Å²) in [4.78, 5) is 0. The van der Waals surface area contributed by atoms with Gasteiger partial charge in [0.1, 0.15) is 11.9 Å². The lowest BCUT2D eigenvalue weighted by Crippen LogP contribution is -2.58. The lowest BCUT2D eigenvalue weighted by Gasteiger charge is -2.48. The van der Waals surface area contributed by atoms with Gasteiger partial charge in [-0.3, -0.25) is 5.41 Å². The molecule has 6 nitrogen and oxygen atoms in total. The summed E-state index contributed by atoms with van der Waals surface area (Å²) in [5, 5.41) is 38.2. The Kier molecular flexibility index (Phi) is 4.07. The first-order chi connectivity index (χ1) is 12.3. The van der Waals surface area contributed by atoms with Gasteiger partial charge in [-0.1, -0.05) is 19.9 Å². The number of benzene rings is 1. The lowest BCUT2D eigenvalue weighted by molar-refractivity contribution is -0.280. The van der Waals surface area contributed by atoms with Crippen molar-refractivity contribution in [2.45, 2.75) is 32.2 Å². The first-order valence-corrected chi connectivity index (χ1v) is 8.72. The van der Waals surface area contributed by atoms with E-state index in [1.54, 1.807) is 13.8 Å². The summed E-state index contributed by atoms with van der Waals surface area (Å²) in [6, 6.07) is 9.90. The van der Waals surface area contributed by atoms with Crippen LogP contribution in [-0.4, -0.2) is 11.7 Å². The Morgan fingerprint density at radius 2 is 1.92 bits per heavy atom. The van der Waals surface area contributed by atoms with Gasteiger partial charge >= 0.3 is 0 Å². The minimum absolute atomic E-state index is 0.141. The number of hydrogen-bond acceptors (Lipinski definition) is 6. The number of ether oxygens (including phenoxy) is 2. The van der Waals surface area contributed by atoms with E-state index < -0.39 is 40.4 Å². The van der Waals surface area contributed by atoms with E-state index in [-0.39, 0.29) is 4.47 Å². The predicted molar refractivity (Wildman–Crippen MR) is 90.6 cm³/mol. The molecule has 0 aromatic heterocycles. The zero-order valence-corrected chi connectivity index (χ0v) is 15.6. The van der Waals surface area contributed by atoms with Gasteiger partial charge in [-0.15, -0.1) is 0 Å². The van der Waals surface area contributed by atoms with E-state index in [4.69, 9.17) is 14.9 Å². The van der Waals surface area contributed by atoms with Crippen LogP contribution in [0.5, 0.6) is 0 Å². The summed E-state index contributed by atoms with van der Waals surface area (Å²) in [7, 11) is 0. The summed E-state index contributed by atoms with van der Waals surface area (Å²) in [5.74, 6) is -2.97. The highest BCUT2D eigenvalue weighted by molar-refractivity contribution is 9.10. The largest absolute Gasteiger partial charge is 0.447 e. The van der Waals surface area contributed by atoms with Gasteiger partial charge in [-0.25, -0.2) is 4.39 Å². The van der Waals surface area contributed by atoms with Gasteiger partial charge in [-0.05, 0) is 33.6 Å². The van der Waals surface area contributed by atoms with Crippen molar-refractivity contribution < 1.29 is 13.9 Å². The molecule has 2 heterocycles. The van der Waals surface area contributed by atoms with Gasteiger partial charge in [0.15, 0.2) is 5.41 Å². The number of hydrogen-bond donors (Lipinski definition) is 1. The van der Waals surface area contributed by atoms with Crippen molar-refractivity contribution in [3.63, 3.8) is 0 Å². The van der Waals surface area contributed by atoms with E-state index in [0.29, 0.717) is 12.0 Å². The van der Waals surface area contributed by atoms with Crippen LogP contribution < -0.4 is 0 Å². The SMILES string of the molecule is CCC12OC(=N)C(C#N)(C1C)C(C#N)(C#N)C(c1ccc(F)c(Br)c1)O2. The molecule has 132 valence electrons. The monoisotopic (exact) mass is 416 g/mol. The quantitative estimate of drug-likeness (QED) is 0.783. The third-order valence-electron chi connectivity index (χ3n) is 5.54. The molecule has 2 aliphatic rings. The van der Waals surface area contributed by atoms with E-state index in [9.17, 15) is 20.2 Å². The molecule has 0 aliphatic carbocycles. The zero-order chi connectivity index (χ0) is 19.3. The second kappa shape index (κ2) is 5.77. The molecule has 0 amide bonds. The highest BCUT2D eigenvalue weighted by atomic mass is 79.9. The maximum Gasteiger partial charge on any atom is 0.217 e. The molecule has 0 radical (unpaired) electrons. The fourth-order valence-corrected chi connectivity index (χ4v) is 4.42. The number of nitrogens with zero attached hydrogens (tertiary/aromatic N) is 3. The van der Waals surface area contributed by atoms with E-state index in [1.807, 2.05) is 18.2 Å². The second-order valence-electron chi connectivity index (χ2n) is 6.44. The van der Waals surface area contributed by atoms with E-state index in [1.165, 1.54) is 18.2 Å². The minimum Gasteiger partial charge on any atom is -0.447 e. The van der Waals surface area contributed by atoms with Crippen LogP contribution in [-0.2, 0) is 9.47 Å². The van der Waals surface area contributed by atoms with Crippen molar-refractivity contribution in [2.75, 3.05) is 0 Å². The van der Waals surface area contributed by atoms with Crippen LogP contribution in [0.3, 0.4) is 0 Å². The first-order valence-electron chi connectivity index (χ1n) is 7.93. The molecule has 3 rings (SSSR count). The number of nitriles is 3. The molecular weight excluding hydrogens is 403 g/mol. The average Bonchev–Trinajstić information content (AvgIpc) is 2.80. The van der Waals surface area contributed by atoms with Crippen molar-refractivity contribution in [1.82, 2.24) is 0 Å². The summed E-state index contributed by atoms with van der Waals surface area (Å²) < 4.78 is 25.6. The van der Waals surface area contributed by atoms with Crippen LogP contribution in [0.1, 0.15) is 31.9 Å². The molecular formula is C18H14BrFN4O2. The van der Waals surface area contributed by atoms with Crippen molar-refractivity contribution in [3.8, 4) is 18.2 Å². The maximum absolute atomic E-state index is 13.7. The summed E-state index contributed by atoms with van der Waals surface area (Å²) in [5.41, 5.74) is -3.47. The van der Waals surface area contributed by atoms with Crippen LogP contribution in [0.2, 0.25) is 0 Å². The molecule has 4 atom stereocenters. The Balaban J connectivity index is 2.34. The van der Waals surface area contributed by atoms with Crippen LogP contribution in [0.4, 0.5) is 4.39 Å². The molecule has 26 heavy (non-hydrogen) atoms. The van der Waals surface area contributed by atoms with Crippen LogP contribution in [0, 0.1) is 62.0 Å². The van der Waals surface area contributed by atoms with Gasteiger partial charge in [0.05, 0.1) is 28.6 Å². The smallest absolute Gasteiger partial charge is 0.217 e. The molecule has 8 heteroatoms. The lowest BCUT2D eigenvalue weighted by atomic mass is 9.53. The van der Waals surface area contributed by atoms with E-state index in [2.05, 4.69) is 15.9 Å². The molecule has 1 aromatic carbocycles. The highest BCUT2D eigenvalue weighted by Crippen LogP contribution is 2.67. The third-order valence-corrected chi connectivity index (χ3v) is 6.15. The van der Waals surface area contributed by atoms with E-state index >= 15 is 0 Å². The van der Waals surface area contributed by atoms with Gasteiger partial charge in [-0.2, -0.15) is 15.8 Å². The third kappa shape index (κ3) is 1.88. The van der Waals surface area contributed by atoms with Gasteiger partial charge in [0, 0.05) is 6.42 Å². The molecule has 1 N–H and O–H groups in total. The number of fused-ring (bicyclic) bond motifs is 2. The van der Waals surface area contributed by atoms with Gasteiger partial charge in [0.25, 0.3) is 0 Å². The Morgan fingerprint density at radius 1 is 1.27 bits per heavy atom. The topological polar surface area (TPSA) is 114 Å². The fraction of sp³-hybridized carbons (Fsp3) is 0.444. The zero-order valence-electron chi connectivity index (χ0n) is 14.0. The average molecular weight is 417 g/mol. The Bertz CT molecular complexity index is 917. The number of rotatable bonds is 2. The molecule has 2 saturated heterocycles. The molecule has 0 spiro atoms. The Morgan fingerprint density at radius 3 is 2.42 bits per heavy atom. The van der Waals surface area contributed by atoms with Crippen LogP contribution in [0.15, 0.2) is 22.7 Å². The standard InChI is InChI=1S/C18H14BrFN4O2/c1-3-18-10(2)17(9-23,15(24)26-18)16(7-21,8-22)14(25-18)11-4-5-13(20)12(19)6-11/h4-6,10,14,24H,3H2,1-2H3. The fourth-order valence-electron chi connectivity index (χ4n) is 4.02. The Labute approximate surface area is 158 Å². The molecule has 0 saturated carbocycles.